The SMILES string of the molecule is CC(C)Cc1ccccc1OCc1ccc(S(=O)(=O)N(C)C)cc1. The van der Waals surface area contributed by atoms with Gasteiger partial charge in [-0.3, -0.25) is 0 Å². The van der Waals surface area contributed by atoms with E-state index in [0.717, 1.165) is 17.7 Å². The Labute approximate surface area is 145 Å². The van der Waals surface area contributed by atoms with E-state index >= 15 is 0 Å². The van der Waals surface area contributed by atoms with Crippen LogP contribution in [0.2, 0.25) is 0 Å². The minimum Gasteiger partial charge on any atom is -0.489 e. The molecule has 0 radical (unpaired) electrons. The van der Waals surface area contributed by atoms with Gasteiger partial charge in [0.05, 0.1) is 4.90 Å². The molecule has 2 rings (SSSR count). The second-order valence-corrected chi connectivity index (χ2v) is 8.58. The number of rotatable bonds is 7. The molecule has 130 valence electrons. The van der Waals surface area contributed by atoms with Crippen LogP contribution in [-0.4, -0.2) is 26.8 Å². The smallest absolute Gasteiger partial charge is 0.242 e. The Morgan fingerprint density at radius 3 is 2.21 bits per heavy atom. The van der Waals surface area contributed by atoms with E-state index in [1.165, 1.54) is 24.0 Å². The van der Waals surface area contributed by atoms with Crippen molar-refractivity contribution in [3.05, 3.63) is 59.7 Å². The molecule has 0 fully saturated rings. The molecule has 0 amide bonds. The lowest BCUT2D eigenvalue weighted by Crippen LogP contribution is -2.22. The van der Waals surface area contributed by atoms with E-state index in [4.69, 9.17) is 4.74 Å². The van der Waals surface area contributed by atoms with E-state index < -0.39 is 10.0 Å². The van der Waals surface area contributed by atoms with E-state index in [9.17, 15) is 8.42 Å². The highest BCUT2D eigenvalue weighted by atomic mass is 32.2. The maximum absolute atomic E-state index is 12.1. The zero-order chi connectivity index (χ0) is 17.7. The van der Waals surface area contributed by atoms with E-state index in [2.05, 4.69) is 19.9 Å². The van der Waals surface area contributed by atoms with Gasteiger partial charge in [0.25, 0.3) is 0 Å². The first-order valence-electron chi connectivity index (χ1n) is 8.03. The monoisotopic (exact) mass is 347 g/mol. The van der Waals surface area contributed by atoms with Gasteiger partial charge in [0, 0.05) is 14.1 Å². The van der Waals surface area contributed by atoms with E-state index in [1.54, 1.807) is 24.3 Å². The van der Waals surface area contributed by atoms with Crippen molar-refractivity contribution in [3.63, 3.8) is 0 Å². The molecule has 0 saturated heterocycles. The third kappa shape index (κ3) is 4.58. The first-order chi connectivity index (χ1) is 11.3. The maximum Gasteiger partial charge on any atom is 0.242 e. The average molecular weight is 347 g/mol. The Balaban J connectivity index is 2.09. The van der Waals surface area contributed by atoms with Crippen LogP contribution in [0.3, 0.4) is 0 Å². The van der Waals surface area contributed by atoms with Crippen LogP contribution in [0.15, 0.2) is 53.4 Å². The van der Waals surface area contributed by atoms with Gasteiger partial charge in [-0.05, 0) is 41.7 Å². The summed E-state index contributed by atoms with van der Waals surface area (Å²) in [5.41, 5.74) is 2.13. The van der Waals surface area contributed by atoms with Crippen LogP contribution in [0.1, 0.15) is 25.0 Å². The topological polar surface area (TPSA) is 46.6 Å². The molecule has 0 spiro atoms. The minimum absolute atomic E-state index is 0.288. The van der Waals surface area contributed by atoms with Crippen molar-refractivity contribution in [1.29, 1.82) is 0 Å². The second kappa shape index (κ2) is 7.81. The van der Waals surface area contributed by atoms with Gasteiger partial charge in [0.1, 0.15) is 12.4 Å². The average Bonchev–Trinajstić information content (AvgIpc) is 2.54. The fourth-order valence-corrected chi connectivity index (χ4v) is 3.28. The zero-order valence-corrected chi connectivity index (χ0v) is 15.5. The Morgan fingerprint density at radius 1 is 1.00 bits per heavy atom. The first-order valence-corrected chi connectivity index (χ1v) is 9.47. The summed E-state index contributed by atoms with van der Waals surface area (Å²) in [5, 5.41) is 0. The molecular weight excluding hydrogens is 322 g/mol. The number of hydrogen-bond acceptors (Lipinski definition) is 3. The molecule has 2 aromatic carbocycles. The Morgan fingerprint density at radius 2 is 1.62 bits per heavy atom. The summed E-state index contributed by atoms with van der Waals surface area (Å²) >= 11 is 0. The van der Waals surface area contributed by atoms with Crippen molar-refractivity contribution < 1.29 is 13.2 Å². The fourth-order valence-electron chi connectivity index (χ4n) is 2.38. The van der Waals surface area contributed by atoms with Crippen molar-refractivity contribution in [2.24, 2.45) is 5.92 Å². The van der Waals surface area contributed by atoms with Crippen LogP contribution in [0.5, 0.6) is 5.75 Å². The normalized spacial score (nSPS) is 11.9. The molecule has 0 atom stereocenters. The molecule has 0 heterocycles. The van der Waals surface area contributed by atoms with Crippen molar-refractivity contribution in [1.82, 2.24) is 4.31 Å². The molecule has 0 N–H and O–H groups in total. The molecule has 5 heteroatoms. The van der Waals surface area contributed by atoms with Gasteiger partial charge in [0.2, 0.25) is 10.0 Å². The minimum atomic E-state index is -3.39. The summed E-state index contributed by atoms with van der Waals surface area (Å²) < 4.78 is 31.3. The predicted molar refractivity (Wildman–Crippen MR) is 96.6 cm³/mol. The lowest BCUT2D eigenvalue weighted by Gasteiger charge is -2.14. The summed E-state index contributed by atoms with van der Waals surface area (Å²) in [6.07, 6.45) is 0.968. The molecule has 0 aliphatic carbocycles. The second-order valence-electron chi connectivity index (χ2n) is 6.43. The van der Waals surface area contributed by atoms with Crippen LogP contribution >= 0.6 is 0 Å². The molecule has 0 aliphatic rings. The highest BCUT2D eigenvalue weighted by Gasteiger charge is 2.16. The van der Waals surface area contributed by atoms with Crippen molar-refractivity contribution >= 4 is 10.0 Å². The number of hydrogen-bond donors (Lipinski definition) is 0. The van der Waals surface area contributed by atoms with Crippen molar-refractivity contribution in [3.8, 4) is 5.75 Å². The van der Waals surface area contributed by atoms with E-state index in [0.29, 0.717) is 12.5 Å². The number of benzene rings is 2. The Hall–Kier alpha value is -1.85. The Bertz CT molecular complexity index is 765. The molecule has 4 nitrogen and oxygen atoms in total. The van der Waals surface area contributed by atoms with Crippen molar-refractivity contribution in [2.45, 2.75) is 31.8 Å². The predicted octanol–water partition coefficient (Wildman–Crippen LogP) is 3.71. The molecular formula is C19H25NO3S. The van der Waals surface area contributed by atoms with Crippen molar-refractivity contribution in [2.75, 3.05) is 14.1 Å². The van der Waals surface area contributed by atoms with Crippen LogP contribution in [0.25, 0.3) is 0 Å². The van der Waals surface area contributed by atoms with Gasteiger partial charge in [-0.25, -0.2) is 12.7 Å². The molecule has 0 bridgehead atoms. The lowest BCUT2D eigenvalue weighted by molar-refractivity contribution is 0.301. The van der Waals surface area contributed by atoms with E-state index in [-0.39, 0.29) is 4.90 Å². The zero-order valence-electron chi connectivity index (χ0n) is 14.7. The largest absolute Gasteiger partial charge is 0.489 e. The quantitative estimate of drug-likeness (QED) is 0.767. The van der Waals surface area contributed by atoms with Crippen LogP contribution in [0, 0.1) is 5.92 Å². The van der Waals surface area contributed by atoms with Crippen LogP contribution in [-0.2, 0) is 23.1 Å². The van der Waals surface area contributed by atoms with Crippen LogP contribution < -0.4 is 4.74 Å². The summed E-state index contributed by atoms with van der Waals surface area (Å²) in [4.78, 5) is 0.288. The molecule has 24 heavy (non-hydrogen) atoms. The number of nitrogens with zero attached hydrogens (tertiary/aromatic N) is 1. The molecule has 0 unspecified atom stereocenters. The molecule has 2 aromatic rings. The molecule has 0 aliphatic heterocycles. The maximum atomic E-state index is 12.1. The summed E-state index contributed by atoms with van der Waals surface area (Å²) in [5.74, 6) is 1.45. The molecule has 0 saturated carbocycles. The lowest BCUT2D eigenvalue weighted by atomic mass is 10.0. The number of para-hydroxylation sites is 1. The van der Waals surface area contributed by atoms with Gasteiger partial charge in [-0.15, -0.1) is 0 Å². The van der Waals surface area contributed by atoms with Gasteiger partial charge in [-0.2, -0.15) is 0 Å². The highest BCUT2D eigenvalue weighted by molar-refractivity contribution is 7.89. The van der Waals surface area contributed by atoms with Gasteiger partial charge in [-0.1, -0.05) is 44.2 Å². The first kappa shape index (κ1) is 18.5. The third-order valence-corrected chi connectivity index (χ3v) is 5.53. The Kier molecular flexibility index (Phi) is 6.02. The number of sulfonamides is 1. The van der Waals surface area contributed by atoms with Gasteiger partial charge < -0.3 is 4.74 Å². The van der Waals surface area contributed by atoms with Gasteiger partial charge >= 0.3 is 0 Å². The third-order valence-electron chi connectivity index (χ3n) is 3.70. The standard InChI is InChI=1S/C19H25NO3S/c1-15(2)13-17-7-5-6-8-19(17)23-14-16-9-11-18(12-10-16)24(21,22)20(3)4/h5-12,15H,13-14H2,1-4H3. The molecule has 0 aromatic heterocycles. The van der Waals surface area contributed by atoms with E-state index in [1.807, 2.05) is 18.2 Å². The summed E-state index contributed by atoms with van der Waals surface area (Å²) in [6, 6.07) is 14.9. The van der Waals surface area contributed by atoms with Gasteiger partial charge in [0.15, 0.2) is 0 Å². The fraction of sp³-hybridized carbons (Fsp3) is 0.368. The summed E-state index contributed by atoms with van der Waals surface area (Å²) in [7, 11) is -0.337. The number of ether oxygens (including phenoxy) is 1. The highest BCUT2D eigenvalue weighted by Crippen LogP contribution is 2.23. The van der Waals surface area contributed by atoms with Crippen LogP contribution in [0.4, 0.5) is 0 Å². The summed E-state index contributed by atoms with van der Waals surface area (Å²) in [6.45, 7) is 4.78.